The maximum atomic E-state index is 12.9. The van der Waals surface area contributed by atoms with Crippen molar-refractivity contribution < 1.29 is 19.1 Å². The standard InChI is InChI=1S/C20H24N4O4/c25-17-4-3-16(18(26)22-17)24-9-14-2-1-13(7-15(14)19(24)27)8-23-5-6-28-20(12-23)10-21-11-20/h1-2,7,16,21H,3-6,8-12H2,(H,22,25,26). The second-order valence-corrected chi connectivity index (χ2v) is 8.24. The normalized spacial score (nSPS) is 26.9. The number of ether oxygens (including phenoxy) is 1. The van der Waals surface area contributed by atoms with Crippen molar-refractivity contribution >= 4 is 17.7 Å². The van der Waals surface area contributed by atoms with Crippen LogP contribution in [0.2, 0.25) is 0 Å². The third-order valence-corrected chi connectivity index (χ3v) is 6.22. The van der Waals surface area contributed by atoms with Crippen LogP contribution in [0.3, 0.4) is 0 Å². The van der Waals surface area contributed by atoms with Gasteiger partial charge in [-0.1, -0.05) is 12.1 Å². The Morgan fingerprint density at radius 3 is 2.82 bits per heavy atom. The van der Waals surface area contributed by atoms with Gasteiger partial charge < -0.3 is 15.0 Å². The van der Waals surface area contributed by atoms with Gasteiger partial charge >= 0.3 is 0 Å². The number of imide groups is 1. The predicted octanol–water partition coefficient (Wildman–Crippen LogP) is -0.378. The molecule has 1 atom stereocenters. The molecule has 4 aliphatic rings. The fraction of sp³-hybridized carbons (Fsp3) is 0.550. The van der Waals surface area contributed by atoms with E-state index in [2.05, 4.69) is 21.6 Å². The molecule has 0 bridgehead atoms. The van der Waals surface area contributed by atoms with Gasteiger partial charge in [-0.15, -0.1) is 0 Å². The molecule has 3 amide bonds. The van der Waals surface area contributed by atoms with E-state index in [0.29, 0.717) is 18.5 Å². The minimum Gasteiger partial charge on any atom is -0.370 e. The average Bonchev–Trinajstić information content (AvgIpc) is 2.97. The summed E-state index contributed by atoms with van der Waals surface area (Å²) >= 11 is 0. The second-order valence-electron chi connectivity index (χ2n) is 8.24. The zero-order valence-electron chi connectivity index (χ0n) is 15.7. The predicted molar refractivity (Wildman–Crippen MR) is 99.3 cm³/mol. The monoisotopic (exact) mass is 384 g/mol. The van der Waals surface area contributed by atoms with Gasteiger partial charge in [0.05, 0.1) is 6.61 Å². The van der Waals surface area contributed by atoms with Crippen LogP contribution in [0.25, 0.3) is 0 Å². The summed E-state index contributed by atoms with van der Waals surface area (Å²) in [4.78, 5) is 40.5. The average molecular weight is 384 g/mol. The summed E-state index contributed by atoms with van der Waals surface area (Å²) in [5, 5.41) is 5.63. The van der Waals surface area contributed by atoms with E-state index < -0.39 is 6.04 Å². The molecular weight excluding hydrogens is 360 g/mol. The number of hydrogen-bond acceptors (Lipinski definition) is 6. The molecule has 2 N–H and O–H groups in total. The van der Waals surface area contributed by atoms with Crippen LogP contribution in [-0.2, 0) is 27.4 Å². The minimum atomic E-state index is -0.564. The van der Waals surface area contributed by atoms with Crippen LogP contribution >= 0.6 is 0 Å². The smallest absolute Gasteiger partial charge is 0.255 e. The van der Waals surface area contributed by atoms with Crippen molar-refractivity contribution in [2.75, 3.05) is 32.8 Å². The van der Waals surface area contributed by atoms with Gasteiger partial charge in [0, 0.05) is 51.3 Å². The van der Waals surface area contributed by atoms with Crippen LogP contribution in [0.15, 0.2) is 18.2 Å². The summed E-state index contributed by atoms with van der Waals surface area (Å²) in [6, 6.07) is 5.47. The fourth-order valence-electron chi connectivity index (χ4n) is 4.63. The van der Waals surface area contributed by atoms with Crippen LogP contribution in [0, 0.1) is 0 Å². The Morgan fingerprint density at radius 1 is 1.21 bits per heavy atom. The van der Waals surface area contributed by atoms with Gasteiger partial charge in [-0.3, -0.25) is 24.6 Å². The lowest BCUT2D eigenvalue weighted by Crippen LogP contribution is -2.68. The number of nitrogens with one attached hydrogen (secondary N) is 2. The van der Waals surface area contributed by atoms with Gasteiger partial charge in [0.25, 0.3) is 5.91 Å². The molecule has 1 aromatic rings. The molecule has 5 rings (SSSR count). The van der Waals surface area contributed by atoms with Crippen LogP contribution in [-0.4, -0.2) is 72.0 Å². The highest BCUT2D eigenvalue weighted by Crippen LogP contribution is 2.29. The number of carbonyl (C=O) groups excluding carboxylic acids is 3. The molecule has 8 heteroatoms. The van der Waals surface area contributed by atoms with Crippen LogP contribution < -0.4 is 10.6 Å². The molecule has 148 valence electrons. The zero-order valence-corrected chi connectivity index (χ0v) is 15.7. The zero-order chi connectivity index (χ0) is 19.3. The summed E-state index contributed by atoms with van der Waals surface area (Å²) in [6.07, 6.45) is 0.663. The van der Waals surface area contributed by atoms with Crippen molar-refractivity contribution in [3.8, 4) is 0 Å². The molecule has 3 saturated heterocycles. The number of piperidine rings is 1. The number of benzene rings is 1. The van der Waals surface area contributed by atoms with E-state index >= 15 is 0 Å². The van der Waals surface area contributed by atoms with Crippen LogP contribution in [0.4, 0.5) is 0 Å². The van der Waals surface area contributed by atoms with Gasteiger partial charge in [0.1, 0.15) is 11.6 Å². The molecule has 0 radical (unpaired) electrons. The Balaban J connectivity index is 1.29. The molecule has 28 heavy (non-hydrogen) atoms. The van der Waals surface area contributed by atoms with Crippen LogP contribution in [0.1, 0.15) is 34.3 Å². The summed E-state index contributed by atoms with van der Waals surface area (Å²) < 4.78 is 5.93. The Hall–Kier alpha value is -2.29. The first-order valence-corrected chi connectivity index (χ1v) is 9.87. The summed E-state index contributed by atoms with van der Waals surface area (Å²) in [7, 11) is 0. The number of nitrogens with zero attached hydrogens (tertiary/aromatic N) is 2. The number of hydrogen-bond donors (Lipinski definition) is 2. The third-order valence-electron chi connectivity index (χ3n) is 6.22. The number of fused-ring (bicyclic) bond motifs is 1. The first kappa shape index (κ1) is 17.8. The Labute approximate surface area is 163 Å². The van der Waals surface area contributed by atoms with Crippen molar-refractivity contribution in [3.63, 3.8) is 0 Å². The molecule has 0 saturated carbocycles. The number of rotatable bonds is 3. The van der Waals surface area contributed by atoms with Crippen molar-refractivity contribution in [1.82, 2.24) is 20.4 Å². The van der Waals surface area contributed by atoms with Crippen molar-refractivity contribution in [2.45, 2.75) is 37.6 Å². The van der Waals surface area contributed by atoms with E-state index in [0.717, 1.165) is 50.5 Å². The Kier molecular flexibility index (Phi) is 4.22. The Morgan fingerprint density at radius 2 is 2.07 bits per heavy atom. The fourth-order valence-corrected chi connectivity index (χ4v) is 4.63. The largest absolute Gasteiger partial charge is 0.370 e. The maximum absolute atomic E-state index is 12.9. The topological polar surface area (TPSA) is 91.0 Å². The van der Waals surface area contributed by atoms with Crippen molar-refractivity contribution in [3.05, 3.63) is 34.9 Å². The maximum Gasteiger partial charge on any atom is 0.255 e. The number of amides is 3. The van der Waals surface area contributed by atoms with Gasteiger partial charge in [-0.05, 0) is 23.6 Å². The molecule has 4 heterocycles. The van der Waals surface area contributed by atoms with Gasteiger partial charge in [-0.2, -0.15) is 0 Å². The van der Waals surface area contributed by atoms with Crippen molar-refractivity contribution in [1.29, 1.82) is 0 Å². The molecule has 0 aliphatic carbocycles. The lowest BCUT2D eigenvalue weighted by molar-refractivity contribution is -0.137. The van der Waals surface area contributed by atoms with Crippen LogP contribution in [0.5, 0.6) is 0 Å². The summed E-state index contributed by atoms with van der Waals surface area (Å²) in [5.41, 5.74) is 2.67. The molecule has 4 aliphatic heterocycles. The lowest BCUT2D eigenvalue weighted by Gasteiger charge is -2.48. The van der Waals surface area contributed by atoms with Gasteiger partial charge in [0.15, 0.2) is 0 Å². The lowest BCUT2D eigenvalue weighted by atomic mass is 9.94. The molecule has 3 fully saturated rings. The highest BCUT2D eigenvalue weighted by atomic mass is 16.5. The quantitative estimate of drug-likeness (QED) is 0.691. The van der Waals surface area contributed by atoms with E-state index in [1.54, 1.807) is 4.90 Å². The molecule has 1 spiro atoms. The first-order valence-electron chi connectivity index (χ1n) is 9.87. The van der Waals surface area contributed by atoms with E-state index in [4.69, 9.17) is 4.74 Å². The molecule has 0 aromatic heterocycles. The molecule has 1 unspecified atom stereocenters. The number of morpholine rings is 1. The number of carbonyl (C=O) groups is 3. The molecule has 1 aromatic carbocycles. The highest BCUT2D eigenvalue weighted by Gasteiger charge is 2.42. The SMILES string of the molecule is O=C1CCC(N2Cc3ccc(CN4CCOC5(CNC5)C4)cc3C2=O)C(=O)N1. The van der Waals surface area contributed by atoms with Gasteiger partial charge in [0.2, 0.25) is 11.8 Å². The Bertz CT molecular complexity index is 851. The first-order chi connectivity index (χ1) is 13.5. The summed E-state index contributed by atoms with van der Waals surface area (Å²) in [6.45, 7) is 5.51. The van der Waals surface area contributed by atoms with E-state index in [1.165, 1.54) is 0 Å². The highest BCUT2D eigenvalue weighted by molar-refractivity contribution is 6.05. The third kappa shape index (κ3) is 3.01. The summed E-state index contributed by atoms with van der Waals surface area (Å²) in [5.74, 6) is -0.754. The van der Waals surface area contributed by atoms with E-state index in [-0.39, 0.29) is 29.7 Å². The van der Waals surface area contributed by atoms with Gasteiger partial charge in [-0.25, -0.2) is 0 Å². The molecular formula is C20H24N4O4. The minimum absolute atomic E-state index is 0.0482. The molecule has 8 nitrogen and oxygen atoms in total. The second kappa shape index (κ2) is 6.65. The van der Waals surface area contributed by atoms with Crippen molar-refractivity contribution in [2.24, 2.45) is 0 Å². The van der Waals surface area contributed by atoms with E-state index in [1.807, 2.05) is 12.1 Å². The van der Waals surface area contributed by atoms with E-state index in [9.17, 15) is 14.4 Å².